The average Bonchev–Trinajstić information content (AvgIpc) is 2.82. The lowest BCUT2D eigenvalue weighted by Gasteiger charge is -2.20. The molecule has 2 heterocycles. The number of aromatic nitrogens is 1. The van der Waals surface area contributed by atoms with Crippen molar-refractivity contribution in [2.75, 3.05) is 26.2 Å². The van der Waals surface area contributed by atoms with Crippen LogP contribution in [-0.4, -0.2) is 47.2 Å². The highest BCUT2D eigenvalue weighted by Gasteiger charge is 2.21. The van der Waals surface area contributed by atoms with E-state index >= 15 is 0 Å². The van der Waals surface area contributed by atoms with Gasteiger partial charge >= 0.3 is 6.09 Å². The first kappa shape index (κ1) is 15.6. The summed E-state index contributed by atoms with van der Waals surface area (Å²) in [7, 11) is 0. The molecule has 23 heavy (non-hydrogen) atoms. The number of hydrogen-bond acceptors (Lipinski definition) is 5. The van der Waals surface area contributed by atoms with Gasteiger partial charge in [-0.2, -0.15) is 0 Å². The third-order valence-electron chi connectivity index (χ3n) is 3.86. The standard InChI is InChI=1S/C17H21N3O3/c1-14-12-15(18-23-14)13-19-8-5-9-20(11-10-19)17(21)22-16-6-3-2-4-7-16/h2-4,6-7,12H,5,8-11,13H2,1H3. The molecule has 1 aromatic heterocycles. The van der Waals surface area contributed by atoms with Crippen molar-refractivity contribution in [1.82, 2.24) is 15.0 Å². The van der Waals surface area contributed by atoms with E-state index in [2.05, 4.69) is 10.1 Å². The summed E-state index contributed by atoms with van der Waals surface area (Å²) in [4.78, 5) is 16.3. The molecule has 0 N–H and O–H groups in total. The van der Waals surface area contributed by atoms with Crippen LogP contribution in [0.2, 0.25) is 0 Å². The second kappa shape index (κ2) is 7.28. The Labute approximate surface area is 135 Å². The van der Waals surface area contributed by atoms with Crippen molar-refractivity contribution in [3.8, 4) is 5.75 Å². The van der Waals surface area contributed by atoms with Crippen LogP contribution in [0.1, 0.15) is 17.9 Å². The van der Waals surface area contributed by atoms with E-state index in [1.807, 2.05) is 31.2 Å². The molecule has 0 spiro atoms. The van der Waals surface area contributed by atoms with Gasteiger partial charge in [0.15, 0.2) is 0 Å². The van der Waals surface area contributed by atoms with Gasteiger partial charge in [-0.1, -0.05) is 23.4 Å². The lowest BCUT2D eigenvalue weighted by molar-refractivity contribution is 0.153. The summed E-state index contributed by atoms with van der Waals surface area (Å²) in [6, 6.07) is 11.1. The van der Waals surface area contributed by atoms with E-state index in [4.69, 9.17) is 9.26 Å². The molecule has 6 nitrogen and oxygen atoms in total. The Morgan fingerprint density at radius 3 is 2.78 bits per heavy atom. The third-order valence-corrected chi connectivity index (χ3v) is 3.86. The minimum atomic E-state index is -0.282. The van der Waals surface area contributed by atoms with Crippen LogP contribution in [0.25, 0.3) is 0 Å². The monoisotopic (exact) mass is 315 g/mol. The molecule has 2 aromatic rings. The predicted molar refractivity (Wildman–Crippen MR) is 85.2 cm³/mol. The molecule has 122 valence electrons. The van der Waals surface area contributed by atoms with Crippen molar-refractivity contribution in [3.05, 3.63) is 47.9 Å². The van der Waals surface area contributed by atoms with Crippen LogP contribution in [0.15, 0.2) is 40.9 Å². The fourth-order valence-electron chi connectivity index (χ4n) is 2.69. The van der Waals surface area contributed by atoms with Gasteiger partial charge in [-0.25, -0.2) is 4.79 Å². The van der Waals surface area contributed by atoms with E-state index in [0.717, 1.165) is 37.5 Å². The van der Waals surface area contributed by atoms with Gasteiger partial charge in [0.25, 0.3) is 0 Å². The number of nitrogens with zero attached hydrogens (tertiary/aromatic N) is 3. The van der Waals surface area contributed by atoms with Crippen molar-refractivity contribution in [2.45, 2.75) is 19.9 Å². The molecule has 1 aliphatic heterocycles. The van der Waals surface area contributed by atoms with Crippen molar-refractivity contribution < 1.29 is 14.1 Å². The first-order valence-corrected chi connectivity index (χ1v) is 7.87. The van der Waals surface area contributed by atoms with Crippen molar-refractivity contribution in [1.29, 1.82) is 0 Å². The minimum absolute atomic E-state index is 0.282. The number of para-hydroxylation sites is 1. The van der Waals surface area contributed by atoms with Crippen LogP contribution in [0.4, 0.5) is 4.79 Å². The number of amides is 1. The van der Waals surface area contributed by atoms with E-state index in [9.17, 15) is 4.79 Å². The van der Waals surface area contributed by atoms with Gasteiger partial charge in [0, 0.05) is 38.8 Å². The van der Waals surface area contributed by atoms with Crippen LogP contribution in [0, 0.1) is 6.92 Å². The molecule has 0 aliphatic carbocycles. The predicted octanol–water partition coefficient (Wildman–Crippen LogP) is 2.69. The van der Waals surface area contributed by atoms with Crippen LogP contribution in [-0.2, 0) is 6.54 Å². The first-order chi connectivity index (χ1) is 11.2. The van der Waals surface area contributed by atoms with Gasteiger partial charge in [-0.15, -0.1) is 0 Å². The molecule has 0 saturated carbocycles. The minimum Gasteiger partial charge on any atom is -0.410 e. The lowest BCUT2D eigenvalue weighted by Crippen LogP contribution is -2.37. The summed E-state index contributed by atoms with van der Waals surface area (Å²) in [6.07, 6.45) is 0.635. The molecule has 0 atom stereocenters. The maximum atomic E-state index is 12.2. The van der Waals surface area contributed by atoms with E-state index in [1.54, 1.807) is 17.0 Å². The van der Waals surface area contributed by atoms with Crippen molar-refractivity contribution in [2.24, 2.45) is 0 Å². The molecule has 0 radical (unpaired) electrons. The zero-order valence-corrected chi connectivity index (χ0v) is 13.3. The highest BCUT2D eigenvalue weighted by Crippen LogP contribution is 2.13. The molecule has 1 fully saturated rings. The summed E-state index contributed by atoms with van der Waals surface area (Å²) in [5.41, 5.74) is 0.933. The molecule has 3 rings (SSSR count). The number of carbonyl (C=O) groups excluding carboxylic acids is 1. The number of hydrogen-bond donors (Lipinski definition) is 0. The molecule has 1 aromatic carbocycles. The van der Waals surface area contributed by atoms with Crippen molar-refractivity contribution >= 4 is 6.09 Å². The maximum absolute atomic E-state index is 12.2. The Morgan fingerprint density at radius 2 is 2.04 bits per heavy atom. The molecule has 0 bridgehead atoms. The van der Waals surface area contributed by atoms with Crippen molar-refractivity contribution in [3.63, 3.8) is 0 Å². The second-order valence-electron chi connectivity index (χ2n) is 5.73. The molecule has 1 amide bonds. The fourth-order valence-corrected chi connectivity index (χ4v) is 2.69. The summed E-state index contributed by atoms with van der Waals surface area (Å²) in [6.45, 7) is 5.73. The van der Waals surface area contributed by atoms with E-state index < -0.39 is 0 Å². The Morgan fingerprint density at radius 1 is 1.22 bits per heavy atom. The van der Waals surface area contributed by atoms with Crippen LogP contribution in [0.5, 0.6) is 5.75 Å². The highest BCUT2D eigenvalue weighted by molar-refractivity contribution is 5.70. The molecule has 0 unspecified atom stereocenters. The van der Waals surface area contributed by atoms with Gasteiger partial charge in [-0.05, 0) is 25.5 Å². The topological polar surface area (TPSA) is 58.8 Å². The first-order valence-electron chi connectivity index (χ1n) is 7.87. The summed E-state index contributed by atoms with van der Waals surface area (Å²) >= 11 is 0. The summed E-state index contributed by atoms with van der Waals surface area (Å²) in [5.74, 6) is 1.40. The van der Waals surface area contributed by atoms with Gasteiger partial charge in [0.1, 0.15) is 11.5 Å². The largest absolute Gasteiger partial charge is 0.415 e. The fraction of sp³-hybridized carbons (Fsp3) is 0.412. The average molecular weight is 315 g/mol. The molecule has 6 heteroatoms. The van der Waals surface area contributed by atoms with Crippen LogP contribution < -0.4 is 4.74 Å². The molecule has 1 aliphatic rings. The van der Waals surface area contributed by atoms with Gasteiger partial charge < -0.3 is 14.2 Å². The zero-order chi connectivity index (χ0) is 16.1. The van der Waals surface area contributed by atoms with Gasteiger partial charge in [0.2, 0.25) is 0 Å². The van der Waals surface area contributed by atoms with Crippen LogP contribution >= 0.6 is 0 Å². The Kier molecular flexibility index (Phi) is 4.92. The van der Waals surface area contributed by atoms with E-state index in [-0.39, 0.29) is 6.09 Å². The highest BCUT2D eigenvalue weighted by atomic mass is 16.6. The number of ether oxygens (including phenoxy) is 1. The number of benzene rings is 1. The lowest BCUT2D eigenvalue weighted by atomic mass is 10.3. The van der Waals surface area contributed by atoms with E-state index in [1.165, 1.54) is 0 Å². The molecule has 1 saturated heterocycles. The molecular formula is C17H21N3O3. The van der Waals surface area contributed by atoms with Gasteiger partial charge in [0.05, 0.1) is 5.69 Å². The maximum Gasteiger partial charge on any atom is 0.415 e. The van der Waals surface area contributed by atoms with E-state index in [0.29, 0.717) is 18.8 Å². The second-order valence-corrected chi connectivity index (χ2v) is 5.73. The Bertz CT molecular complexity index is 642. The number of carbonyl (C=O) groups is 1. The summed E-state index contributed by atoms with van der Waals surface area (Å²) in [5, 5.41) is 4.03. The quantitative estimate of drug-likeness (QED) is 0.871. The SMILES string of the molecule is Cc1cc(CN2CCCN(C(=O)Oc3ccccc3)CC2)no1. The smallest absolute Gasteiger partial charge is 0.410 e. The Balaban J connectivity index is 1.52. The normalized spacial score (nSPS) is 16.1. The van der Waals surface area contributed by atoms with Gasteiger partial charge in [-0.3, -0.25) is 4.90 Å². The Hall–Kier alpha value is -2.34. The number of aryl methyl sites for hydroxylation is 1. The number of rotatable bonds is 3. The summed E-state index contributed by atoms with van der Waals surface area (Å²) < 4.78 is 10.5. The molecular weight excluding hydrogens is 294 g/mol. The van der Waals surface area contributed by atoms with Crippen LogP contribution in [0.3, 0.4) is 0 Å². The third kappa shape index (κ3) is 4.32. The zero-order valence-electron chi connectivity index (χ0n) is 13.3.